The van der Waals surface area contributed by atoms with Crippen molar-refractivity contribution in [1.29, 1.82) is 0 Å². The van der Waals surface area contributed by atoms with E-state index in [0.29, 0.717) is 26.2 Å². The molecule has 0 amide bonds. The van der Waals surface area contributed by atoms with Crippen molar-refractivity contribution >= 4 is 17.9 Å². The van der Waals surface area contributed by atoms with Gasteiger partial charge in [-0.15, -0.1) is 0 Å². The molecule has 1 aliphatic heterocycles. The second kappa shape index (κ2) is 12.0. The Kier molecular flexibility index (Phi) is 10.4. The van der Waals surface area contributed by atoms with E-state index < -0.39 is 42.3 Å². The standard InChI is InChI=1S/C16H30N4O9/c21-10-12(23)11(22)9-19-5-3-17-1-2-18-4-6-20(8-7-19)16(13(24)25,14(26)27)15(28)29/h11-12,17-18,21-23H,1-10H2,(H,24,25)(H,26,27)(H,28,29). The van der Waals surface area contributed by atoms with Gasteiger partial charge in [0.1, 0.15) is 6.10 Å². The van der Waals surface area contributed by atoms with E-state index in [9.17, 15) is 39.9 Å². The van der Waals surface area contributed by atoms with E-state index in [1.807, 2.05) is 0 Å². The molecule has 2 atom stereocenters. The lowest BCUT2D eigenvalue weighted by Gasteiger charge is -2.36. The number of β-amino-alcohol motifs (C(OH)–C–C–N with tert-alkyl or cyclic N) is 1. The summed E-state index contributed by atoms with van der Waals surface area (Å²) in [5.74, 6) is -6.02. The van der Waals surface area contributed by atoms with Gasteiger partial charge in [-0.1, -0.05) is 0 Å². The van der Waals surface area contributed by atoms with Crippen molar-refractivity contribution in [3.63, 3.8) is 0 Å². The lowest BCUT2D eigenvalue weighted by Crippen LogP contribution is -2.67. The average Bonchev–Trinajstić information content (AvgIpc) is 2.64. The Morgan fingerprint density at radius 3 is 1.79 bits per heavy atom. The van der Waals surface area contributed by atoms with Gasteiger partial charge >= 0.3 is 23.4 Å². The number of hydrogen-bond acceptors (Lipinski definition) is 10. The Labute approximate surface area is 167 Å². The third-order valence-electron chi connectivity index (χ3n) is 4.81. The second-order valence-corrected chi connectivity index (χ2v) is 6.73. The molecule has 1 heterocycles. The normalized spacial score (nSPS) is 20.8. The highest BCUT2D eigenvalue weighted by molar-refractivity contribution is 6.21. The highest BCUT2D eigenvalue weighted by Crippen LogP contribution is 2.18. The third-order valence-corrected chi connectivity index (χ3v) is 4.81. The molecule has 168 valence electrons. The lowest BCUT2D eigenvalue weighted by atomic mass is 9.97. The van der Waals surface area contributed by atoms with Gasteiger partial charge in [0.05, 0.1) is 12.7 Å². The van der Waals surface area contributed by atoms with Gasteiger partial charge in [0.25, 0.3) is 0 Å². The van der Waals surface area contributed by atoms with Crippen LogP contribution in [0.2, 0.25) is 0 Å². The molecule has 13 heteroatoms. The monoisotopic (exact) mass is 422 g/mol. The Hall–Kier alpha value is -1.87. The molecule has 0 saturated carbocycles. The number of aliphatic hydroxyl groups is 3. The summed E-state index contributed by atoms with van der Waals surface area (Å²) in [6.07, 6.45) is -2.66. The quantitative estimate of drug-likeness (QED) is 0.174. The molecule has 0 spiro atoms. The number of aliphatic hydroxyl groups excluding tert-OH is 3. The summed E-state index contributed by atoms with van der Waals surface area (Å²) < 4.78 is 0. The fourth-order valence-corrected chi connectivity index (χ4v) is 3.07. The molecule has 0 aliphatic carbocycles. The Morgan fingerprint density at radius 1 is 0.793 bits per heavy atom. The number of hydrogen-bond donors (Lipinski definition) is 8. The summed E-state index contributed by atoms with van der Waals surface area (Å²) >= 11 is 0. The molecule has 2 unspecified atom stereocenters. The van der Waals surface area contributed by atoms with Crippen molar-refractivity contribution in [1.82, 2.24) is 20.4 Å². The van der Waals surface area contributed by atoms with Crippen molar-refractivity contribution < 1.29 is 45.0 Å². The van der Waals surface area contributed by atoms with Gasteiger partial charge in [0.15, 0.2) is 0 Å². The number of aliphatic carboxylic acids is 3. The van der Waals surface area contributed by atoms with E-state index in [2.05, 4.69) is 10.6 Å². The predicted molar refractivity (Wildman–Crippen MR) is 98.5 cm³/mol. The third kappa shape index (κ3) is 6.57. The summed E-state index contributed by atoms with van der Waals surface area (Å²) in [6.45, 7) is 1.03. The number of rotatable bonds is 8. The minimum atomic E-state index is -3.15. The molecule has 1 aliphatic rings. The summed E-state index contributed by atoms with van der Waals surface area (Å²) in [6, 6.07) is 0. The molecule has 13 nitrogen and oxygen atoms in total. The fourth-order valence-electron chi connectivity index (χ4n) is 3.07. The van der Waals surface area contributed by atoms with Crippen LogP contribution in [0.15, 0.2) is 0 Å². The second-order valence-electron chi connectivity index (χ2n) is 6.73. The Bertz CT molecular complexity index is 526. The van der Waals surface area contributed by atoms with Gasteiger partial charge in [-0.05, 0) is 0 Å². The molecule has 0 aromatic carbocycles. The Balaban J connectivity index is 3.09. The summed E-state index contributed by atoms with van der Waals surface area (Å²) in [5, 5.41) is 63.1. The van der Waals surface area contributed by atoms with E-state index in [0.717, 1.165) is 4.90 Å². The van der Waals surface area contributed by atoms with E-state index >= 15 is 0 Å². The van der Waals surface area contributed by atoms with E-state index in [1.165, 1.54) is 0 Å². The first-order valence-electron chi connectivity index (χ1n) is 9.23. The SMILES string of the molecule is O=C(O)C(C(=O)O)(C(=O)O)N1CCNCCNCCN(CC(O)C(O)CO)CC1. The van der Waals surface area contributed by atoms with Gasteiger partial charge in [0.2, 0.25) is 0 Å². The van der Waals surface area contributed by atoms with Crippen LogP contribution in [-0.2, 0) is 14.4 Å². The molecule has 0 radical (unpaired) electrons. The van der Waals surface area contributed by atoms with Crippen molar-refractivity contribution in [3.05, 3.63) is 0 Å². The highest BCUT2D eigenvalue weighted by atomic mass is 16.4. The number of nitrogens with one attached hydrogen (secondary N) is 2. The number of carboxylic acids is 3. The van der Waals surface area contributed by atoms with Gasteiger partial charge in [-0.3, -0.25) is 9.80 Å². The van der Waals surface area contributed by atoms with Crippen LogP contribution in [-0.4, -0.2) is 142 Å². The topological polar surface area (TPSA) is 203 Å². The van der Waals surface area contributed by atoms with Crippen molar-refractivity contribution in [2.45, 2.75) is 17.7 Å². The minimum Gasteiger partial charge on any atom is -0.479 e. The predicted octanol–water partition coefficient (Wildman–Crippen LogP) is -4.51. The van der Waals surface area contributed by atoms with Gasteiger partial charge in [-0.25, -0.2) is 14.4 Å². The summed E-state index contributed by atoms with van der Waals surface area (Å²) in [4.78, 5) is 37.7. The maximum Gasteiger partial charge on any atom is 0.347 e. The number of nitrogens with zero attached hydrogens (tertiary/aromatic N) is 2. The first kappa shape index (κ1) is 25.2. The van der Waals surface area contributed by atoms with Crippen molar-refractivity contribution in [2.75, 3.05) is 65.5 Å². The molecule has 1 rings (SSSR count). The first-order valence-corrected chi connectivity index (χ1v) is 9.23. The minimum absolute atomic E-state index is 0.0342. The van der Waals surface area contributed by atoms with Crippen LogP contribution in [0.25, 0.3) is 0 Å². The largest absolute Gasteiger partial charge is 0.479 e. The molecule has 1 saturated heterocycles. The maximum absolute atomic E-state index is 11.7. The van der Waals surface area contributed by atoms with Crippen molar-refractivity contribution in [3.8, 4) is 0 Å². The van der Waals surface area contributed by atoms with Crippen LogP contribution in [0.4, 0.5) is 0 Å². The molecule has 1 fully saturated rings. The molecule has 8 N–H and O–H groups in total. The van der Waals surface area contributed by atoms with Gasteiger partial charge in [-0.2, -0.15) is 0 Å². The van der Waals surface area contributed by atoms with Crippen LogP contribution in [0.1, 0.15) is 0 Å². The molecule has 0 aromatic heterocycles. The lowest BCUT2D eigenvalue weighted by molar-refractivity contribution is -0.179. The van der Waals surface area contributed by atoms with Crippen LogP contribution in [0, 0.1) is 0 Å². The van der Waals surface area contributed by atoms with E-state index in [-0.39, 0.29) is 32.7 Å². The molecule has 0 bridgehead atoms. The first-order chi connectivity index (χ1) is 13.7. The maximum atomic E-state index is 11.7. The van der Waals surface area contributed by atoms with Crippen LogP contribution < -0.4 is 10.6 Å². The van der Waals surface area contributed by atoms with E-state index in [4.69, 9.17) is 5.11 Å². The van der Waals surface area contributed by atoms with Crippen molar-refractivity contribution in [2.24, 2.45) is 0 Å². The zero-order valence-corrected chi connectivity index (χ0v) is 16.0. The zero-order chi connectivity index (χ0) is 22.0. The van der Waals surface area contributed by atoms with E-state index in [1.54, 1.807) is 4.90 Å². The smallest absolute Gasteiger partial charge is 0.347 e. The summed E-state index contributed by atoms with van der Waals surface area (Å²) in [7, 11) is 0. The van der Waals surface area contributed by atoms with Gasteiger partial charge < -0.3 is 41.3 Å². The summed E-state index contributed by atoms with van der Waals surface area (Å²) in [5.41, 5.74) is -3.15. The zero-order valence-electron chi connectivity index (χ0n) is 16.0. The molecule has 0 aromatic rings. The number of carbonyl (C=O) groups is 3. The molecule has 29 heavy (non-hydrogen) atoms. The molecular weight excluding hydrogens is 392 g/mol. The number of carboxylic acid groups (broad SMARTS) is 3. The highest BCUT2D eigenvalue weighted by Gasteiger charge is 2.59. The Morgan fingerprint density at radius 2 is 1.31 bits per heavy atom. The van der Waals surface area contributed by atoms with Crippen LogP contribution in [0.3, 0.4) is 0 Å². The van der Waals surface area contributed by atoms with Crippen LogP contribution >= 0.6 is 0 Å². The average molecular weight is 422 g/mol. The molecular formula is C16H30N4O9. The van der Waals surface area contributed by atoms with Gasteiger partial charge in [0, 0.05) is 58.9 Å². The van der Waals surface area contributed by atoms with Crippen LogP contribution in [0.5, 0.6) is 0 Å². The fraction of sp³-hybridized carbons (Fsp3) is 0.812.